The SMILES string of the molecule is NCCCN(CC(=O)N1CCCC1)Cc1ccccc1. The Balaban J connectivity index is 1.90. The molecule has 1 fully saturated rings. The first-order valence-electron chi connectivity index (χ1n) is 7.53. The Morgan fingerprint density at radius 2 is 1.90 bits per heavy atom. The Labute approximate surface area is 121 Å². The van der Waals surface area contributed by atoms with Crippen molar-refractivity contribution < 1.29 is 4.79 Å². The van der Waals surface area contributed by atoms with Crippen molar-refractivity contribution in [1.82, 2.24) is 9.80 Å². The quantitative estimate of drug-likeness (QED) is 0.819. The van der Waals surface area contributed by atoms with Crippen molar-refractivity contribution >= 4 is 5.91 Å². The van der Waals surface area contributed by atoms with Crippen LogP contribution in [-0.2, 0) is 11.3 Å². The molecule has 4 heteroatoms. The summed E-state index contributed by atoms with van der Waals surface area (Å²) in [4.78, 5) is 16.5. The highest BCUT2D eigenvalue weighted by Crippen LogP contribution is 2.10. The molecular formula is C16H25N3O. The number of rotatable bonds is 7. The minimum absolute atomic E-state index is 0.260. The van der Waals surface area contributed by atoms with Crippen molar-refractivity contribution in [2.24, 2.45) is 5.73 Å². The molecule has 1 aliphatic rings. The number of benzene rings is 1. The van der Waals surface area contributed by atoms with Crippen LogP contribution in [0.2, 0.25) is 0 Å². The summed E-state index contributed by atoms with van der Waals surface area (Å²) in [6, 6.07) is 10.3. The van der Waals surface area contributed by atoms with Gasteiger partial charge in [-0.2, -0.15) is 0 Å². The highest BCUT2D eigenvalue weighted by atomic mass is 16.2. The van der Waals surface area contributed by atoms with E-state index in [2.05, 4.69) is 17.0 Å². The second-order valence-electron chi connectivity index (χ2n) is 5.43. The summed E-state index contributed by atoms with van der Waals surface area (Å²) in [7, 11) is 0. The van der Waals surface area contributed by atoms with E-state index in [0.29, 0.717) is 13.1 Å². The molecule has 0 aliphatic carbocycles. The van der Waals surface area contributed by atoms with E-state index in [-0.39, 0.29) is 5.91 Å². The molecule has 1 heterocycles. The lowest BCUT2D eigenvalue weighted by Crippen LogP contribution is -2.39. The van der Waals surface area contributed by atoms with E-state index in [1.165, 1.54) is 5.56 Å². The number of likely N-dealkylation sites (tertiary alicyclic amines) is 1. The van der Waals surface area contributed by atoms with Gasteiger partial charge in [-0.25, -0.2) is 0 Å². The lowest BCUT2D eigenvalue weighted by Gasteiger charge is -2.24. The summed E-state index contributed by atoms with van der Waals surface area (Å²) >= 11 is 0. The van der Waals surface area contributed by atoms with E-state index in [9.17, 15) is 4.79 Å². The minimum Gasteiger partial charge on any atom is -0.342 e. The van der Waals surface area contributed by atoms with Gasteiger partial charge in [0.1, 0.15) is 0 Å². The predicted molar refractivity (Wildman–Crippen MR) is 81.2 cm³/mol. The Hall–Kier alpha value is -1.39. The van der Waals surface area contributed by atoms with Crippen LogP contribution in [0.4, 0.5) is 0 Å². The maximum atomic E-state index is 12.3. The molecule has 0 aromatic heterocycles. The van der Waals surface area contributed by atoms with Crippen LogP contribution < -0.4 is 5.73 Å². The van der Waals surface area contributed by atoms with Gasteiger partial charge in [0.15, 0.2) is 0 Å². The molecule has 0 unspecified atom stereocenters. The van der Waals surface area contributed by atoms with Gasteiger partial charge in [-0.15, -0.1) is 0 Å². The second kappa shape index (κ2) is 8.02. The Kier molecular flexibility index (Phi) is 6.02. The van der Waals surface area contributed by atoms with Crippen LogP contribution in [0.25, 0.3) is 0 Å². The van der Waals surface area contributed by atoms with Crippen LogP contribution in [0.1, 0.15) is 24.8 Å². The standard InChI is InChI=1S/C16H25N3O/c17-9-6-10-18(13-15-7-2-1-3-8-15)14-16(20)19-11-4-5-12-19/h1-3,7-8H,4-6,9-14,17H2. The summed E-state index contributed by atoms with van der Waals surface area (Å²) in [5, 5.41) is 0. The predicted octanol–water partition coefficient (Wildman–Crippen LogP) is 1.46. The molecule has 1 amide bonds. The largest absolute Gasteiger partial charge is 0.342 e. The van der Waals surface area contributed by atoms with Crippen molar-refractivity contribution in [3.05, 3.63) is 35.9 Å². The zero-order valence-corrected chi connectivity index (χ0v) is 12.1. The number of hydrogen-bond acceptors (Lipinski definition) is 3. The molecule has 0 spiro atoms. The van der Waals surface area contributed by atoms with Gasteiger partial charge in [0.05, 0.1) is 6.54 Å². The fourth-order valence-corrected chi connectivity index (χ4v) is 2.63. The lowest BCUT2D eigenvalue weighted by atomic mass is 10.2. The third kappa shape index (κ3) is 4.62. The maximum absolute atomic E-state index is 12.3. The zero-order valence-electron chi connectivity index (χ0n) is 12.1. The molecule has 0 radical (unpaired) electrons. The fraction of sp³-hybridized carbons (Fsp3) is 0.562. The summed E-state index contributed by atoms with van der Waals surface area (Å²) < 4.78 is 0. The van der Waals surface area contributed by atoms with Gasteiger partial charge in [0, 0.05) is 26.2 Å². The van der Waals surface area contributed by atoms with Crippen molar-refractivity contribution in [3.63, 3.8) is 0 Å². The molecule has 0 saturated carbocycles. The highest BCUT2D eigenvalue weighted by Gasteiger charge is 2.20. The average molecular weight is 275 g/mol. The molecule has 1 saturated heterocycles. The summed E-state index contributed by atoms with van der Waals surface area (Å²) in [5.41, 5.74) is 6.85. The van der Waals surface area contributed by atoms with Crippen molar-refractivity contribution in [2.45, 2.75) is 25.8 Å². The van der Waals surface area contributed by atoms with E-state index >= 15 is 0 Å². The van der Waals surface area contributed by atoms with Crippen LogP contribution in [0.5, 0.6) is 0 Å². The summed E-state index contributed by atoms with van der Waals surface area (Å²) in [6.45, 7) is 4.73. The smallest absolute Gasteiger partial charge is 0.236 e. The van der Waals surface area contributed by atoms with Crippen LogP contribution in [0, 0.1) is 0 Å². The van der Waals surface area contributed by atoms with Crippen LogP contribution >= 0.6 is 0 Å². The fourth-order valence-electron chi connectivity index (χ4n) is 2.63. The van der Waals surface area contributed by atoms with Crippen molar-refractivity contribution in [2.75, 3.05) is 32.7 Å². The number of hydrogen-bond donors (Lipinski definition) is 1. The maximum Gasteiger partial charge on any atom is 0.236 e. The topological polar surface area (TPSA) is 49.6 Å². The number of carbonyl (C=O) groups excluding carboxylic acids is 1. The molecule has 1 aromatic carbocycles. The monoisotopic (exact) mass is 275 g/mol. The Morgan fingerprint density at radius 3 is 2.55 bits per heavy atom. The van der Waals surface area contributed by atoms with E-state index in [4.69, 9.17) is 5.73 Å². The zero-order chi connectivity index (χ0) is 14.2. The van der Waals surface area contributed by atoms with E-state index in [0.717, 1.165) is 45.4 Å². The number of nitrogens with zero attached hydrogens (tertiary/aromatic N) is 2. The first-order valence-corrected chi connectivity index (χ1v) is 7.53. The second-order valence-corrected chi connectivity index (χ2v) is 5.43. The molecule has 110 valence electrons. The van der Waals surface area contributed by atoms with Crippen molar-refractivity contribution in [3.8, 4) is 0 Å². The summed E-state index contributed by atoms with van der Waals surface area (Å²) in [6.07, 6.45) is 3.22. The summed E-state index contributed by atoms with van der Waals surface area (Å²) in [5.74, 6) is 0.260. The molecule has 2 N–H and O–H groups in total. The lowest BCUT2D eigenvalue weighted by molar-refractivity contribution is -0.131. The molecule has 20 heavy (non-hydrogen) atoms. The third-order valence-electron chi connectivity index (χ3n) is 3.75. The molecule has 1 aromatic rings. The molecule has 0 atom stereocenters. The minimum atomic E-state index is 0.260. The van der Waals surface area contributed by atoms with Crippen LogP contribution in [0.3, 0.4) is 0 Å². The first kappa shape index (κ1) is 15.0. The van der Waals surface area contributed by atoms with E-state index < -0.39 is 0 Å². The molecule has 2 rings (SSSR count). The van der Waals surface area contributed by atoms with Gasteiger partial charge in [-0.3, -0.25) is 9.69 Å². The third-order valence-corrected chi connectivity index (χ3v) is 3.75. The first-order chi connectivity index (χ1) is 9.79. The molecule has 0 bridgehead atoms. The van der Waals surface area contributed by atoms with Gasteiger partial charge in [-0.05, 0) is 31.4 Å². The van der Waals surface area contributed by atoms with Crippen LogP contribution in [-0.4, -0.2) is 48.4 Å². The number of nitrogens with two attached hydrogens (primary N) is 1. The van der Waals surface area contributed by atoms with Gasteiger partial charge >= 0.3 is 0 Å². The number of carbonyl (C=O) groups is 1. The number of amides is 1. The van der Waals surface area contributed by atoms with Gasteiger partial charge in [0.25, 0.3) is 0 Å². The van der Waals surface area contributed by atoms with Gasteiger partial charge < -0.3 is 10.6 Å². The highest BCUT2D eigenvalue weighted by molar-refractivity contribution is 5.78. The molecule has 1 aliphatic heterocycles. The van der Waals surface area contributed by atoms with E-state index in [1.807, 2.05) is 23.1 Å². The van der Waals surface area contributed by atoms with Crippen molar-refractivity contribution in [1.29, 1.82) is 0 Å². The van der Waals surface area contributed by atoms with Gasteiger partial charge in [-0.1, -0.05) is 30.3 Å². The van der Waals surface area contributed by atoms with Gasteiger partial charge in [0.2, 0.25) is 5.91 Å². The average Bonchev–Trinajstić information content (AvgIpc) is 3.00. The Morgan fingerprint density at radius 1 is 1.20 bits per heavy atom. The van der Waals surface area contributed by atoms with Crippen LogP contribution in [0.15, 0.2) is 30.3 Å². The molecular weight excluding hydrogens is 250 g/mol. The van der Waals surface area contributed by atoms with E-state index in [1.54, 1.807) is 0 Å². The normalized spacial score (nSPS) is 15.0. The Bertz CT molecular complexity index is 401. The molecule has 4 nitrogen and oxygen atoms in total.